The van der Waals surface area contributed by atoms with Crippen molar-refractivity contribution in [3.8, 4) is 17.0 Å². The minimum Gasteiger partial charge on any atom is -0.496 e. The average molecular weight is 268 g/mol. The van der Waals surface area contributed by atoms with Gasteiger partial charge in [0, 0.05) is 5.56 Å². The van der Waals surface area contributed by atoms with E-state index < -0.39 is 0 Å². The Kier molecular flexibility index (Phi) is 2.64. The van der Waals surface area contributed by atoms with Gasteiger partial charge >= 0.3 is 0 Å². The van der Waals surface area contributed by atoms with E-state index in [1.807, 2.05) is 24.3 Å². The fourth-order valence-electron chi connectivity index (χ4n) is 1.37. The van der Waals surface area contributed by atoms with Gasteiger partial charge in [0.05, 0.1) is 17.3 Å². The molecule has 0 aliphatic heterocycles. The summed E-state index contributed by atoms with van der Waals surface area (Å²) in [4.78, 5) is 0. The van der Waals surface area contributed by atoms with E-state index in [0.717, 1.165) is 21.5 Å². The van der Waals surface area contributed by atoms with Crippen molar-refractivity contribution >= 4 is 21.7 Å². The Morgan fingerprint density at radius 1 is 1.40 bits per heavy atom. The van der Waals surface area contributed by atoms with Crippen LogP contribution in [0, 0.1) is 0 Å². The Balaban J connectivity index is 2.58. The van der Waals surface area contributed by atoms with E-state index in [-0.39, 0.29) is 0 Å². The highest BCUT2D eigenvalue weighted by molar-refractivity contribution is 9.10. The minimum atomic E-state index is 0.441. The molecule has 3 N–H and O–H groups in total. The van der Waals surface area contributed by atoms with Crippen LogP contribution in [0.15, 0.2) is 28.7 Å². The molecule has 0 aliphatic carbocycles. The number of nitrogens with one attached hydrogen (secondary N) is 1. The van der Waals surface area contributed by atoms with Crippen molar-refractivity contribution in [2.75, 3.05) is 12.8 Å². The molecule has 78 valence electrons. The van der Waals surface area contributed by atoms with Gasteiger partial charge in [-0.2, -0.15) is 5.10 Å². The van der Waals surface area contributed by atoms with Gasteiger partial charge in [-0.15, -0.1) is 0 Å². The molecule has 0 fully saturated rings. The van der Waals surface area contributed by atoms with Crippen LogP contribution in [-0.4, -0.2) is 17.3 Å². The Bertz CT molecular complexity index is 481. The number of para-hydroxylation sites is 1. The summed E-state index contributed by atoms with van der Waals surface area (Å²) in [5, 5.41) is 6.78. The lowest BCUT2D eigenvalue weighted by molar-refractivity contribution is 0.416. The number of aromatic amines is 1. The zero-order valence-corrected chi connectivity index (χ0v) is 9.71. The van der Waals surface area contributed by atoms with Crippen molar-refractivity contribution in [1.82, 2.24) is 10.2 Å². The highest BCUT2D eigenvalue weighted by atomic mass is 79.9. The van der Waals surface area contributed by atoms with Crippen LogP contribution in [-0.2, 0) is 0 Å². The number of nitrogens with two attached hydrogens (primary N) is 1. The molecule has 0 atom stereocenters. The SMILES string of the molecule is COc1ccccc1-c1[nH]nc(N)c1Br. The molecule has 0 radical (unpaired) electrons. The van der Waals surface area contributed by atoms with Gasteiger partial charge < -0.3 is 10.5 Å². The molecule has 0 aliphatic rings. The monoisotopic (exact) mass is 267 g/mol. The zero-order valence-electron chi connectivity index (χ0n) is 8.12. The molecule has 2 rings (SSSR count). The van der Waals surface area contributed by atoms with Crippen molar-refractivity contribution in [2.24, 2.45) is 0 Å². The van der Waals surface area contributed by atoms with E-state index in [1.54, 1.807) is 7.11 Å². The van der Waals surface area contributed by atoms with E-state index in [2.05, 4.69) is 26.1 Å². The van der Waals surface area contributed by atoms with Gasteiger partial charge in [-0.25, -0.2) is 0 Å². The Labute approximate surface area is 95.6 Å². The van der Waals surface area contributed by atoms with E-state index in [4.69, 9.17) is 10.5 Å². The lowest BCUT2D eigenvalue weighted by Gasteiger charge is -2.06. The number of methoxy groups -OCH3 is 1. The highest BCUT2D eigenvalue weighted by Gasteiger charge is 2.13. The molecular formula is C10H10BrN3O. The maximum atomic E-state index is 5.64. The zero-order chi connectivity index (χ0) is 10.8. The summed E-state index contributed by atoms with van der Waals surface area (Å²) in [6.07, 6.45) is 0. The Morgan fingerprint density at radius 3 is 2.73 bits per heavy atom. The van der Waals surface area contributed by atoms with Crippen LogP contribution in [0.5, 0.6) is 5.75 Å². The number of hydrogen-bond donors (Lipinski definition) is 2. The molecule has 0 unspecified atom stereocenters. The molecule has 0 saturated carbocycles. The fraction of sp³-hybridized carbons (Fsp3) is 0.100. The van der Waals surface area contributed by atoms with Crippen LogP contribution in [0.1, 0.15) is 0 Å². The van der Waals surface area contributed by atoms with E-state index >= 15 is 0 Å². The van der Waals surface area contributed by atoms with Gasteiger partial charge in [0.1, 0.15) is 5.75 Å². The number of ether oxygens (including phenoxy) is 1. The molecule has 5 heteroatoms. The molecule has 15 heavy (non-hydrogen) atoms. The number of anilines is 1. The summed E-state index contributed by atoms with van der Waals surface area (Å²) in [6.45, 7) is 0. The summed E-state index contributed by atoms with van der Waals surface area (Å²) >= 11 is 3.38. The Hall–Kier alpha value is -1.49. The van der Waals surface area contributed by atoms with E-state index in [0.29, 0.717) is 5.82 Å². The number of rotatable bonds is 2. The van der Waals surface area contributed by atoms with Crippen LogP contribution >= 0.6 is 15.9 Å². The van der Waals surface area contributed by atoms with Gasteiger partial charge in [-0.1, -0.05) is 12.1 Å². The van der Waals surface area contributed by atoms with E-state index in [9.17, 15) is 0 Å². The number of nitrogens with zero attached hydrogens (tertiary/aromatic N) is 1. The summed E-state index contributed by atoms with van der Waals surface area (Å²) in [5.41, 5.74) is 7.39. The Morgan fingerprint density at radius 2 is 2.13 bits per heavy atom. The average Bonchev–Trinajstić information content (AvgIpc) is 2.60. The molecule has 1 aromatic carbocycles. The normalized spacial score (nSPS) is 10.3. The molecule has 0 bridgehead atoms. The number of halogens is 1. The molecule has 0 saturated heterocycles. The van der Waals surface area contributed by atoms with Gasteiger partial charge in [0.25, 0.3) is 0 Å². The number of hydrogen-bond acceptors (Lipinski definition) is 3. The molecular weight excluding hydrogens is 258 g/mol. The quantitative estimate of drug-likeness (QED) is 0.879. The highest BCUT2D eigenvalue weighted by Crippen LogP contribution is 2.35. The second-order valence-corrected chi connectivity index (χ2v) is 3.79. The first-order valence-corrected chi connectivity index (χ1v) is 5.16. The largest absolute Gasteiger partial charge is 0.496 e. The summed E-state index contributed by atoms with van der Waals surface area (Å²) in [5.74, 6) is 1.22. The van der Waals surface area contributed by atoms with Crippen LogP contribution in [0.2, 0.25) is 0 Å². The van der Waals surface area contributed by atoms with Crippen LogP contribution in [0.3, 0.4) is 0 Å². The summed E-state index contributed by atoms with van der Waals surface area (Å²) < 4.78 is 6.01. The minimum absolute atomic E-state index is 0.441. The third-order valence-corrected chi connectivity index (χ3v) is 2.91. The number of H-pyrrole nitrogens is 1. The second kappa shape index (κ2) is 3.94. The first kappa shape index (κ1) is 10.0. The lowest BCUT2D eigenvalue weighted by atomic mass is 10.1. The predicted octanol–water partition coefficient (Wildman–Crippen LogP) is 2.43. The smallest absolute Gasteiger partial charge is 0.160 e. The van der Waals surface area contributed by atoms with Crippen molar-refractivity contribution < 1.29 is 4.74 Å². The van der Waals surface area contributed by atoms with Crippen LogP contribution in [0.4, 0.5) is 5.82 Å². The third kappa shape index (κ3) is 1.70. The molecule has 1 heterocycles. The van der Waals surface area contributed by atoms with E-state index in [1.165, 1.54) is 0 Å². The standard InChI is InChI=1S/C10H10BrN3O/c1-15-7-5-3-2-4-6(7)9-8(11)10(12)14-13-9/h2-5H,1H3,(H3,12,13,14). The maximum Gasteiger partial charge on any atom is 0.160 e. The molecule has 1 aromatic heterocycles. The second-order valence-electron chi connectivity index (χ2n) is 3.00. The van der Waals surface area contributed by atoms with Crippen molar-refractivity contribution in [3.05, 3.63) is 28.7 Å². The van der Waals surface area contributed by atoms with Gasteiger partial charge in [-0.05, 0) is 28.1 Å². The maximum absolute atomic E-state index is 5.64. The van der Waals surface area contributed by atoms with Gasteiger partial charge in [0.15, 0.2) is 5.82 Å². The van der Waals surface area contributed by atoms with Crippen molar-refractivity contribution in [2.45, 2.75) is 0 Å². The van der Waals surface area contributed by atoms with Crippen molar-refractivity contribution in [3.63, 3.8) is 0 Å². The topological polar surface area (TPSA) is 63.9 Å². The predicted molar refractivity (Wildman–Crippen MR) is 62.7 cm³/mol. The fourth-order valence-corrected chi connectivity index (χ4v) is 1.76. The van der Waals surface area contributed by atoms with Gasteiger partial charge in [0.2, 0.25) is 0 Å². The molecule has 0 amide bonds. The van der Waals surface area contributed by atoms with Crippen molar-refractivity contribution in [1.29, 1.82) is 0 Å². The van der Waals surface area contributed by atoms with Crippen LogP contribution < -0.4 is 10.5 Å². The first-order valence-electron chi connectivity index (χ1n) is 4.36. The van der Waals surface area contributed by atoms with Gasteiger partial charge in [-0.3, -0.25) is 5.10 Å². The lowest BCUT2D eigenvalue weighted by Crippen LogP contribution is -1.88. The number of aromatic nitrogens is 2. The molecule has 4 nitrogen and oxygen atoms in total. The first-order chi connectivity index (χ1) is 7.24. The summed E-state index contributed by atoms with van der Waals surface area (Å²) in [6, 6.07) is 7.67. The summed E-state index contributed by atoms with van der Waals surface area (Å²) in [7, 11) is 1.63. The van der Waals surface area contributed by atoms with Crippen LogP contribution in [0.25, 0.3) is 11.3 Å². The molecule has 0 spiro atoms. The number of benzene rings is 1. The molecule has 2 aromatic rings. The number of nitrogen functional groups attached to an aromatic ring is 1. The third-order valence-electron chi connectivity index (χ3n) is 2.11.